The Morgan fingerprint density at radius 3 is 1.88 bits per heavy atom. The highest BCUT2D eigenvalue weighted by Crippen LogP contribution is 2.13. The Balaban J connectivity index is 0.00000144. The van der Waals surface area contributed by atoms with Crippen molar-refractivity contribution in [1.82, 2.24) is 0 Å². The highest BCUT2D eigenvalue weighted by Gasteiger charge is 2.12. The first-order chi connectivity index (χ1) is 7.79. The van der Waals surface area contributed by atoms with Crippen LogP contribution in [0.15, 0.2) is 60.7 Å². The van der Waals surface area contributed by atoms with Crippen LogP contribution in [0.1, 0.15) is 5.56 Å². The maximum atomic E-state index is 6.33. The van der Waals surface area contributed by atoms with Crippen molar-refractivity contribution >= 4 is 22.5 Å². The number of benzene rings is 2. The van der Waals surface area contributed by atoms with Gasteiger partial charge in [0.1, 0.15) is 7.05 Å². The molecule has 0 bridgehead atoms. The second-order valence-corrected chi connectivity index (χ2v) is 3.91. The molecular weight excluding hydrogens is 253 g/mol. The van der Waals surface area contributed by atoms with Crippen LogP contribution < -0.4 is 12.4 Å². The van der Waals surface area contributed by atoms with Gasteiger partial charge in [-0.05, 0) is 23.7 Å². The quantitative estimate of drug-likeness (QED) is 0.554. The van der Waals surface area contributed by atoms with Gasteiger partial charge in [0.25, 0.3) is 5.17 Å². The van der Waals surface area contributed by atoms with E-state index in [1.807, 2.05) is 72.3 Å². The molecule has 2 rings (SSSR count). The van der Waals surface area contributed by atoms with Crippen molar-refractivity contribution in [2.45, 2.75) is 0 Å². The van der Waals surface area contributed by atoms with Gasteiger partial charge in [0, 0.05) is 12.1 Å². The Kier molecular flexibility index (Phi) is 5.20. The molecule has 0 unspecified atom stereocenters. The summed E-state index contributed by atoms with van der Waals surface area (Å²) < 4.78 is 1.97. The lowest BCUT2D eigenvalue weighted by Crippen LogP contribution is -3.00. The fourth-order valence-corrected chi connectivity index (χ4v) is 1.76. The molecule has 0 aliphatic heterocycles. The standard InChI is InChI=1S/C14H13ClN.ClH/c1-16(13-10-6-3-7-11-13)14(15)12-8-4-2-5-9-12;/h2-11H,1H3;1H/q+1;/p-1. The van der Waals surface area contributed by atoms with E-state index in [9.17, 15) is 0 Å². The zero-order valence-electron chi connectivity index (χ0n) is 9.48. The van der Waals surface area contributed by atoms with Crippen LogP contribution in [0.4, 0.5) is 5.69 Å². The van der Waals surface area contributed by atoms with Gasteiger partial charge >= 0.3 is 0 Å². The van der Waals surface area contributed by atoms with E-state index in [-0.39, 0.29) is 12.4 Å². The van der Waals surface area contributed by atoms with Crippen LogP contribution in [0.3, 0.4) is 0 Å². The van der Waals surface area contributed by atoms with E-state index in [4.69, 9.17) is 11.6 Å². The van der Waals surface area contributed by atoms with Crippen LogP contribution in [0.25, 0.3) is 0 Å². The summed E-state index contributed by atoms with van der Waals surface area (Å²) in [7, 11) is 1.96. The fourth-order valence-electron chi connectivity index (χ4n) is 1.53. The summed E-state index contributed by atoms with van der Waals surface area (Å²) in [4.78, 5) is 0. The van der Waals surface area contributed by atoms with Crippen molar-refractivity contribution in [3.8, 4) is 0 Å². The summed E-state index contributed by atoms with van der Waals surface area (Å²) in [6.07, 6.45) is 0. The summed E-state index contributed by atoms with van der Waals surface area (Å²) in [5, 5.41) is 0.729. The lowest BCUT2D eigenvalue weighted by Gasteiger charge is -1.99. The minimum atomic E-state index is 0. The van der Waals surface area contributed by atoms with Gasteiger partial charge in [-0.3, -0.25) is 0 Å². The Morgan fingerprint density at radius 2 is 1.35 bits per heavy atom. The van der Waals surface area contributed by atoms with Crippen LogP contribution in [0.5, 0.6) is 0 Å². The number of para-hydroxylation sites is 1. The molecule has 0 N–H and O–H groups in total. The zero-order valence-corrected chi connectivity index (χ0v) is 11.0. The Hall–Kier alpha value is -1.31. The van der Waals surface area contributed by atoms with Crippen molar-refractivity contribution in [3.63, 3.8) is 0 Å². The molecule has 1 nitrogen and oxygen atoms in total. The number of nitrogens with zero attached hydrogens (tertiary/aromatic N) is 1. The molecule has 0 aliphatic carbocycles. The average Bonchev–Trinajstić information content (AvgIpc) is 2.39. The highest BCUT2D eigenvalue weighted by molar-refractivity contribution is 6.68. The van der Waals surface area contributed by atoms with E-state index in [2.05, 4.69) is 0 Å². The van der Waals surface area contributed by atoms with Gasteiger partial charge < -0.3 is 12.4 Å². The number of halogens is 2. The van der Waals surface area contributed by atoms with Gasteiger partial charge in [0.2, 0.25) is 5.69 Å². The van der Waals surface area contributed by atoms with Crippen molar-refractivity contribution in [1.29, 1.82) is 0 Å². The summed E-state index contributed by atoms with van der Waals surface area (Å²) in [5.74, 6) is 0. The predicted octanol–water partition coefficient (Wildman–Crippen LogP) is 0.650. The molecule has 0 heterocycles. The van der Waals surface area contributed by atoms with Crippen molar-refractivity contribution in [2.24, 2.45) is 0 Å². The lowest BCUT2D eigenvalue weighted by atomic mass is 10.2. The zero-order chi connectivity index (χ0) is 11.4. The molecular formula is C14H13Cl2N. The molecule has 0 atom stereocenters. The number of hydrogen-bond donors (Lipinski definition) is 0. The first kappa shape index (κ1) is 13.8. The third-order valence-corrected chi connectivity index (χ3v) is 2.92. The molecule has 0 aliphatic rings. The molecule has 88 valence electrons. The monoisotopic (exact) mass is 265 g/mol. The van der Waals surface area contributed by atoms with Crippen LogP contribution in [0, 0.1) is 0 Å². The first-order valence-corrected chi connectivity index (χ1v) is 5.53. The van der Waals surface area contributed by atoms with Crippen molar-refractivity contribution in [2.75, 3.05) is 7.05 Å². The van der Waals surface area contributed by atoms with E-state index in [1.54, 1.807) is 0 Å². The first-order valence-electron chi connectivity index (χ1n) is 5.15. The van der Waals surface area contributed by atoms with E-state index in [0.29, 0.717) is 0 Å². The summed E-state index contributed by atoms with van der Waals surface area (Å²) in [5.41, 5.74) is 2.10. The van der Waals surface area contributed by atoms with Crippen LogP contribution in [-0.4, -0.2) is 16.8 Å². The van der Waals surface area contributed by atoms with Gasteiger partial charge in [-0.1, -0.05) is 36.4 Å². The highest BCUT2D eigenvalue weighted by atomic mass is 35.5. The van der Waals surface area contributed by atoms with Crippen LogP contribution >= 0.6 is 11.6 Å². The van der Waals surface area contributed by atoms with Gasteiger partial charge in [0.15, 0.2) is 0 Å². The third kappa shape index (κ3) is 3.32. The van der Waals surface area contributed by atoms with E-state index in [0.717, 1.165) is 16.4 Å². The second kappa shape index (κ2) is 6.43. The fraction of sp³-hybridized carbons (Fsp3) is 0.0714. The minimum Gasteiger partial charge on any atom is -1.00 e. The predicted molar refractivity (Wildman–Crippen MR) is 68.7 cm³/mol. The van der Waals surface area contributed by atoms with E-state index in [1.165, 1.54) is 0 Å². The van der Waals surface area contributed by atoms with Crippen molar-refractivity contribution < 1.29 is 17.0 Å². The van der Waals surface area contributed by atoms with Crippen molar-refractivity contribution in [3.05, 3.63) is 66.2 Å². The summed E-state index contributed by atoms with van der Waals surface area (Å²) >= 11 is 6.33. The van der Waals surface area contributed by atoms with Gasteiger partial charge in [-0.2, -0.15) is 4.58 Å². The van der Waals surface area contributed by atoms with Gasteiger partial charge in [0.05, 0.1) is 5.56 Å². The van der Waals surface area contributed by atoms with Crippen LogP contribution in [0.2, 0.25) is 0 Å². The molecule has 0 fully saturated rings. The second-order valence-electron chi connectivity index (χ2n) is 3.55. The van der Waals surface area contributed by atoms with Crippen LogP contribution in [-0.2, 0) is 0 Å². The Morgan fingerprint density at radius 1 is 0.882 bits per heavy atom. The molecule has 2 aromatic rings. The summed E-state index contributed by atoms with van der Waals surface area (Å²) in [6.45, 7) is 0. The minimum absolute atomic E-state index is 0. The lowest BCUT2D eigenvalue weighted by molar-refractivity contribution is -0.401. The smallest absolute Gasteiger partial charge is 0.282 e. The maximum Gasteiger partial charge on any atom is 0.282 e. The Bertz CT molecular complexity index is 445. The largest absolute Gasteiger partial charge is 1.00 e. The number of rotatable bonds is 2. The SMILES string of the molecule is C[N+](=C(Cl)c1ccccc1)c1ccccc1.[Cl-]. The van der Waals surface area contributed by atoms with E-state index >= 15 is 0 Å². The number of hydrogen-bond acceptors (Lipinski definition) is 0. The molecule has 0 radical (unpaired) electrons. The topological polar surface area (TPSA) is 3.01 Å². The molecule has 2 aromatic carbocycles. The van der Waals surface area contributed by atoms with E-state index < -0.39 is 0 Å². The molecule has 17 heavy (non-hydrogen) atoms. The Labute approximate surface area is 113 Å². The molecule has 0 amide bonds. The molecule has 3 heteroatoms. The summed E-state index contributed by atoms with van der Waals surface area (Å²) in [6, 6.07) is 20.0. The van der Waals surface area contributed by atoms with Gasteiger partial charge in [-0.25, -0.2) is 0 Å². The molecule has 0 saturated carbocycles. The molecule has 0 aromatic heterocycles. The molecule has 0 saturated heterocycles. The maximum absolute atomic E-state index is 6.33. The molecule has 0 spiro atoms. The van der Waals surface area contributed by atoms with Gasteiger partial charge in [-0.15, -0.1) is 0 Å². The average molecular weight is 266 g/mol. The normalized spacial score (nSPS) is 11.4. The third-order valence-electron chi connectivity index (χ3n) is 2.45.